The molecule has 0 radical (unpaired) electrons. The highest BCUT2D eigenvalue weighted by Gasteiger charge is 2.10. The molecule has 5 nitrogen and oxygen atoms in total. The third-order valence-electron chi connectivity index (χ3n) is 1.90. The van der Waals surface area contributed by atoms with Crippen molar-refractivity contribution in [2.24, 2.45) is 0 Å². The molecule has 6 heteroatoms. The number of rotatable bonds is 5. The minimum atomic E-state index is -0.845. The number of carbonyl (C=O) groups excluding carboxylic acids is 1. The fraction of sp³-hybridized carbons (Fsp3) is 0.400. The van der Waals surface area contributed by atoms with Crippen LogP contribution in [0.15, 0.2) is 18.3 Å². The maximum Gasteiger partial charge on any atom is 0.273 e. The molecule has 0 bridgehead atoms. The Morgan fingerprint density at radius 2 is 2.38 bits per heavy atom. The Morgan fingerprint density at radius 3 is 3.00 bits per heavy atom. The summed E-state index contributed by atoms with van der Waals surface area (Å²) in [7, 11) is -0.845. The first-order chi connectivity index (χ1) is 7.61. The maximum absolute atomic E-state index is 11.5. The summed E-state index contributed by atoms with van der Waals surface area (Å²) in [6.07, 6.45) is 3.70. The molecule has 0 saturated heterocycles. The average molecular weight is 242 g/mol. The summed E-state index contributed by atoms with van der Waals surface area (Å²) >= 11 is 0. The predicted octanol–water partition coefficient (Wildman–Crippen LogP) is 0.286. The van der Waals surface area contributed by atoms with Crippen LogP contribution < -0.4 is 5.32 Å². The lowest BCUT2D eigenvalue weighted by molar-refractivity contribution is 0.0946. The van der Waals surface area contributed by atoms with E-state index < -0.39 is 16.7 Å². The van der Waals surface area contributed by atoms with Gasteiger partial charge in [-0.15, -0.1) is 0 Å². The van der Waals surface area contributed by atoms with Crippen LogP contribution in [0.4, 0.5) is 0 Å². The minimum absolute atomic E-state index is 0.0140. The summed E-state index contributed by atoms with van der Waals surface area (Å²) in [5.41, 5.74) is 0.0140. The van der Waals surface area contributed by atoms with Crippen LogP contribution in [0.3, 0.4) is 0 Å². The smallest absolute Gasteiger partial charge is 0.273 e. The number of aromatic nitrogens is 1. The molecule has 0 aromatic carbocycles. The quantitative estimate of drug-likeness (QED) is 0.727. The van der Waals surface area contributed by atoms with E-state index in [1.165, 1.54) is 12.3 Å². The van der Waals surface area contributed by atoms with Crippen molar-refractivity contribution in [1.82, 2.24) is 10.3 Å². The first-order valence-corrected chi connectivity index (χ1v) is 6.56. The predicted molar refractivity (Wildman–Crippen MR) is 61.8 cm³/mol. The molecule has 0 spiro atoms. The molecule has 1 atom stereocenters. The number of nitrogens with one attached hydrogen (secondary N) is 1. The second-order valence-corrected chi connectivity index (χ2v) is 4.81. The molecule has 0 fully saturated rings. The highest BCUT2D eigenvalue weighted by atomic mass is 32.2. The van der Waals surface area contributed by atoms with Crippen LogP contribution in [-0.2, 0) is 10.8 Å². The molecule has 2 N–H and O–H groups in total. The van der Waals surface area contributed by atoms with Gasteiger partial charge < -0.3 is 10.4 Å². The van der Waals surface area contributed by atoms with Crippen molar-refractivity contribution >= 4 is 16.7 Å². The van der Waals surface area contributed by atoms with Crippen molar-refractivity contribution in [2.75, 3.05) is 18.6 Å². The van der Waals surface area contributed by atoms with Gasteiger partial charge in [0, 0.05) is 35.5 Å². The summed E-state index contributed by atoms with van der Waals surface area (Å²) in [5.74, 6) is -0.00635. The Morgan fingerprint density at radius 1 is 1.62 bits per heavy atom. The lowest BCUT2D eigenvalue weighted by Gasteiger charge is -2.04. The number of nitrogens with zero attached hydrogens (tertiary/aromatic N) is 1. The zero-order valence-corrected chi connectivity index (χ0v) is 9.79. The second kappa shape index (κ2) is 6.22. The van der Waals surface area contributed by atoms with E-state index in [4.69, 9.17) is 0 Å². The van der Waals surface area contributed by atoms with Crippen molar-refractivity contribution in [1.29, 1.82) is 0 Å². The van der Waals surface area contributed by atoms with Crippen LogP contribution in [0.5, 0.6) is 5.75 Å². The van der Waals surface area contributed by atoms with Crippen molar-refractivity contribution in [3.05, 3.63) is 24.0 Å². The first-order valence-electron chi connectivity index (χ1n) is 4.83. The van der Waals surface area contributed by atoms with Crippen LogP contribution in [0.1, 0.15) is 16.9 Å². The summed E-state index contributed by atoms with van der Waals surface area (Å²) in [4.78, 5) is 15.3. The molecule has 1 heterocycles. The van der Waals surface area contributed by atoms with Gasteiger partial charge in [0.25, 0.3) is 5.91 Å². The summed E-state index contributed by atoms with van der Waals surface area (Å²) in [6.45, 7) is 0.425. The number of carbonyl (C=O) groups is 1. The van der Waals surface area contributed by atoms with Gasteiger partial charge in [0.15, 0.2) is 5.69 Å². The largest absolute Gasteiger partial charge is 0.505 e. The lowest BCUT2D eigenvalue weighted by Crippen LogP contribution is -2.26. The van der Waals surface area contributed by atoms with Gasteiger partial charge in [-0.2, -0.15) is 0 Å². The third-order valence-corrected chi connectivity index (χ3v) is 2.76. The van der Waals surface area contributed by atoms with Crippen LogP contribution >= 0.6 is 0 Å². The van der Waals surface area contributed by atoms with E-state index in [9.17, 15) is 14.1 Å². The van der Waals surface area contributed by atoms with Crippen LogP contribution in [0.25, 0.3) is 0 Å². The van der Waals surface area contributed by atoms with Crippen LogP contribution in [0, 0.1) is 0 Å². The topological polar surface area (TPSA) is 79.3 Å². The number of aromatic hydroxyl groups is 1. The number of amides is 1. The van der Waals surface area contributed by atoms with Gasteiger partial charge >= 0.3 is 0 Å². The van der Waals surface area contributed by atoms with Crippen LogP contribution in [0.2, 0.25) is 0 Å². The van der Waals surface area contributed by atoms with Gasteiger partial charge in [-0.05, 0) is 18.6 Å². The standard InChI is InChI=1S/C10H14N2O3S/c1-16(15)7-3-6-12-10(14)9-8(13)4-2-5-11-9/h2,4-5,13H,3,6-7H2,1H3,(H,12,14). The SMILES string of the molecule is CS(=O)CCCNC(=O)c1ncccc1O. The van der Waals surface area contributed by atoms with E-state index in [1.807, 2.05) is 0 Å². The summed E-state index contributed by atoms with van der Waals surface area (Å²) in [5, 5.41) is 12.0. The Balaban J connectivity index is 2.41. The van der Waals surface area contributed by atoms with Crippen molar-refractivity contribution in [3.63, 3.8) is 0 Å². The van der Waals surface area contributed by atoms with E-state index in [0.717, 1.165) is 0 Å². The van der Waals surface area contributed by atoms with E-state index >= 15 is 0 Å². The van der Waals surface area contributed by atoms with Gasteiger partial charge in [-0.1, -0.05) is 0 Å². The molecule has 1 rings (SSSR count). The molecule has 88 valence electrons. The highest BCUT2D eigenvalue weighted by molar-refractivity contribution is 7.84. The molecule has 1 unspecified atom stereocenters. The molecule has 0 saturated carbocycles. The fourth-order valence-corrected chi connectivity index (χ4v) is 1.68. The minimum Gasteiger partial charge on any atom is -0.505 e. The lowest BCUT2D eigenvalue weighted by atomic mass is 10.3. The third kappa shape index (κ3) is 3.98. The van der Waals surface area contributed by atoms with Gasteiger partial charge in [0.2, 0.25) is 0 Å². The van der Waals surface area contributed by atoms with Gasteiger partial charge in [-0.3, -0.25) is 9.00 Å². The molecule has 1 amide bonds. The highest BCUT2D eigenvalue weighted by Crippen LogP contribution is 2.11. The van der Waals surface area contributed by atoms with Gasteiger partial charge in [-0.25, -0.2) is 4.98 Å². The monoisotopic (exact) mass is 242 g/mol. The van der Waals surface area contributed by atoms with E-state index in [-0.39, 0.29) is 11.4 Å². The molecule has 0 aliphatic heterocycles. The van der Waals surface area contributed by atoms with Crippen molar-refractivity contribution < 1.29 is 14.1 Å². The number of hydrogen-bond acceptors (Lipinski definition) is 4. The molecule has 0 aliphatic carbocycles. The Kier molecular flexibility index (Phi) is 4.91. The van der Waals surface area contributed by atoms with E-state index in [1.54, 1.807) is 12.3 Å². The zero-order chi connectivity index (χ0) is 12.0. The molecule has 1 aromatic heterocycles. The fourth-order valence-electron chi connectivity index (χ4n) is 1.13. The first kappa shape index (κ1) is 12.6. The number of pyridine rings is 1. The summed E-state index contributed by atoms with van der Waals surface area (Å²) < 4.78 is 10.8. The van der Waals surface area contributed by atoms with E-state index in [2.05, 4.69) is 10.3 Å². The van der Waals surface area contributed by atoms with Gasteiger partial charge in [0.1, 0.15) is 5.75 Å². The van der Waals surface area contributed by atoms with Crippen LogP contribution in [-0.4, -0.2) is 38.8 Å². The molecule has 16 heavy (non-hydrogen) atoms. The van der Waals surface area contributed by atoms with E-state index in [0.29, 0.717) is 18.7 Å². The Hall–Kier alpha value is -1.43. The second-order valence-electron chi connectivity index (χ2n) is 3.26. The average Bonchev–Trinajstić information content (AvgIpc) is 2.24. The summed E-state index contributed by atoms with van der Waals surface area (Å²) in [6, 6.07) is 2.95. The Labute approximate surface area is 96.4 Å². The van der Waals surface area contributed by atoms with Gasteiger partial charge in [0.05, 0.1) is 0 Å². The molecular formula is C10H14N2O3S. The molecule has 0 aliphatic rings. The number of hydrogen-bond donors (Lipinski definition) is 2. The van der Waals surface area contributed by atoms with Crippen molar-refractivity contribution in [3.8, 4) is 5.75 Å². The maximum atomic E-state index is 11.5. The zero-order valence-electron chi connectivity index (χ0n) is 8.97. The van der Waals surface area contributed by atoms with Crippen molar-refractivity contribution in [2.45, 2.75) is 6.42 Å². The molecule has 1 aromatic rings. The Bertz CT molecular complexity index is 395. The normalized spacial score (nSPS) is 12.1. The molecular weight excluding hydrogens is 228 g/mol.